The van der Waals surface area contributed by atoms with Crippen molar-refractivity contribution < 1.29 is 23.4 Å². The Balaban J connectivity index is 1.97. The maximum absolute atomic E-state index is 13.6. The van der Waals surface area contributed by atoms with Crippen molar-refractivity contribution in [2.75, 3.05) is 25.9 Å². The summed E-state index contributed by atoms with van der Waals surface area (Å²) in [6.07, 6.45) is -0.910. The number of rotatable bonds is 11. The van der Waals surface area contributed by atoms with Crippen molar-refractivity contribution in [3.63, 3.8) is 0 Å². The van der Waals surface area contributed by atoms with Crippen molar-refractivity contribution in [3.05, 3.63) is 89.5 Å². The number of aliphatic hydroxyl groups excluding tert-OH is 1. The monoisotopic (exact) mass is 539 g/mol. The van der Waals surface area contributed by atoms with Gasteiger partial charge >= 0.3 is 0 Å². The Kier molecular flexibility index (Phi) is 9.54. The van der Waals surface area contributed by atoms with Crippen molar-refractivity contribution >= 4 is 21.6 Å². The summed E-state index contributed by atoms with van der Waals surface area (Å²) in [5.74, 6) is -0.395. The molecule has 0 bridgehead atoms. The van der Waals surface area contributed by atoms with Crippen LogP contribution < -0.4 is 5.73 Å². The molecule has 0 aliphatic carbocycles. The summed E-state index contributed by atoms with van der Waals surface area (Å²) in [6, 6.07) is 19.4. The number of aromatic hydroxyl groups is 1. The number of phenolic OH excluding ortho intramolecular Hbond substituents is 1. The summed E-state index contributed by atoms with van der Waals surface area (Å²) >= 11 is 0. The number of likely N-dealkylation sites (N-methyl/N-ethyl adjacent to an activating group) is 1. The molecule has 204 valence electrons. The molecule has 3 aromatic carbocycles. The molecule has 3 aromatic rings. The molecule has 0 heterocycles. The van der Waals surface area contributed by atoms with Gasteiger partial charge in [0.1, 0.15) is 5.75 Å². The number of carbonyl (C=O) groups excluding carboxylic acids is 1. The molecule has 4 N–H and O–H groups in total. The number of aliphatic hydroxyl groups is 1. The maximum Gasteiger partial charge on any atom is 0.254 e. The maximum atomic E-state index is 13.6. The van der Waals surface area contributed by atoms with E-state index in [-0.39, 0.29) is 35.6 Å². The van der Waals surface area contributed by atoms with Crippen LogP contribution in [0.1, 0.15) is 35.3 Å². The normalized spacial score (nSPS) is 13.4. The number of amides is 1. The molecule has 1 amide bonds. The minimum absolute atomic E-state index is 0.000689. The van der Waals surface area contributed by atoms with Crippen LogP contribution in [0, 0.1) is 12.8 Å². The van der Waals surface area contributed by atoms with Crippen LogP contribution in [-0.2, 0) is 16.4 Å². The number of nitrogen functional groups attached to an aromatic ring is 1. The van der Waals surface area contributed by atoms with E-state index in [2.05, 4.69) is 0 Å². The number of phenols is 1. The zero-order valence-corrected chi connectivity index (χ0v) is 23.1. The van der Waals surface area contributed by atoms with E-state index < -0.39 is 22.2 Å². The molecule has 38 heavy (non-hydrogen) atoms. The summed E-state index contributed by atoms with van der Waals surface area (Å²) in [7, 11) is -2.39. The van der Waals surface area contributed by atoms with Crippen molar-refractivity contribution in [1.82, 2.24) is 9.21 Å². The fourth-order valence-corrected chi connectivity index (χ4v) is 6.09. The fraction of sp³-hybridized carbons (Fsp3) is 0.345. The average Bonchev–Trinajstić information content (AvgIpc) is 2.88. The van der Waals surface area contributed by atoms with Crippen LogP contribution in [0.25, 0.3) is 0 Å². The Hall–Kier alpha value is -3.40. The van der Waals surface area contributed by atoms with E-state index >= 15 is 0 Å². The van der Waals surface area contributed by atoms with Gasteiger partial charge in [-0.3, -0.25) is 4.79 Å². The lowest BCUT2D eigenvalue weighted by atomic mass is 9.98. The van der Waals surface area contributed by atoms with Gasteiger partial charge in [0.15, 0.2) is 0 Å². The number of nitrogens with two attached hydrogens (primary N) is 1. The Bertz CT molecular complexity index is 1350. The summed E-state index contributed by atoms with van der Waals surface area (Å²) in [5, 5.41) is 21.7. The van der Waals surface area contributed by atoms with Crippen molar-refractivity contribution in [3.8, 4) is 5.75 Å². The summed E-state index contributed by atoms with van der Waals surface area (Å²) in [4.78, 5) is 15.0. The van der Waals surface area contributed by atoms with Gasteiger partial charge in [-0.05, 0) is 55.2 Å². The molecule has 0 saturated heterocycles. The minimum Gasteiger partial charge on any atom is -0.508 e. The van der Waals surface area contributed by atoms with Crippen LogP contribution in [0.4, 0.5) is 5.69 Å². The Labute approximate surface area is 225 Å². The van der Waals surface area contributed by atoms with E-state index in [1.54, 1.807) is 38.2 Å². The van der Waals surface area contributed by atoms with E-state index in [1.165, 1.54) is 27.4 Å². The van der Waals surface area contributed by atoms with Crippen LogP contribution >= 0.6 is 0 Å². The van der Waals surface area contributed by atoms with Gasteiger partial charge in [0.05, 0.1) is 17.0 Å². The predicted octanol–water partition coefficient (Wildman–Crippen LogP) is 3.67. The predicted molar refractivity (Wildman–Crippen MR) is 149 cm³/mol. The Morgan fingerprint density at radius 1 is 0.974 bits per heavy atom. The van der Waals surface area contributed by atoms with Crippen LogP contribution in [0.3, 0.4) is 0 Å². The van der Waals surface area contributed by atoms with Gasteiger partial charge in [0.2, 0.25) is 10.0 Å². The molecule has 9 heteroatoms. The first-order chi connectivity index (χ1) is 17.9. The van der Waals surface area contributed by atoms with E-state index in [1.807, 2.05) is 44.2 Å². The van der Waals surface area contributed by atoms with Crippen molar-refractivity contribution in [2.45, 2.75) is 44.2 Å². The first-order valence-corrected chi connectivity index (χ1v) is 14.0. The lowest BCUT2D eigenvalue weighted by molar-refractivity contribution is 0.0369. The topological polar surface area (TPSA) is 124 Å². The molecule has 0 fully saturated rings. The second-order valence-electron chi connectivity index (χ2n) is 9.98. The van der Waals surface area contributed by atoms with Gasteiger partial charge in [-0.25, -0.2) is 8.42 Å². The van der Waals surface area contributed by atoms with E-state index in [0.29, 0.717) is 23.2 Å². The second kappa shape index (κ2) is 12.4. The number of anilines is 1. The van der Waals surface area contributed by atoms with Crippen LogP contribution in [0.2, 0.25) is 0 Å². The SMILES string of the molecule is Cc1c(O)cccc1C(=O)N(C)[C@@H](Cc1ccccc1)[C@H](O)CN(CC(C)C)S(=O)(=O)c1cccc(N)c1. The number of hydrogen-bond donors (Lipinski definition) is 3. The molecule has 0 saturated carbocycles. The summed E-state index contributed by atoms with van der Waals surface area (Å²) in [6.45, 7) is 5.41. The molecule has 8 nitrogen and oxygen atoms in total. The minimum atomic E-state index is -3.97. The molecule has 0 spiro atoms. The number of benzene rings is 3. The zero-order valence-electron chi connectivity index (χ0n) is 22.3. The average molecular weight is 540 g/mol. The van der Waals surface area contributed by atoms with Gasteiger partial charge in [-0.15, -0.1) is 0 Å². The van der Waals surface area contributed by atoms with Gasteiger partial charge in [0.25, 0.3) is 5.91 Å². The van der Waals surface area contributed by atoms with E-state index in [0.717, 1.165) is 5.56 Å². The second-order valence-corrected chi connectivity index (χ2v) is 11.9. The fourth-order valence-electron chi connectivity index (χ4n) is 4.41. The molecular formula is C29H37N3O5S. The van der Waals surface area contributed by atoms with Crippen LogP contribution in [0.5, 0.6) is 5.75 Å². The quantitative estimate of drug-likeness (QED) is 0.320. The highest BCUT2D eigenvalue weighted by Crippen LogP contribution is 2.25. The van der Waals surface area contributed by atoms with E-state index in [4.69, 9.17) is 5.73 Å². The van der Waals surface area contributed by atoms with Crippen molar-refractivity contribution in [1.29, 1.82) is 0 Å². The third-order valence-corrected chi connectivity index (χ3v) is 8.37. The highest BCUT2D eigenvalue weighted by molar-refractivity contribution is 7.89. The number of hydrogen-bond acceptors (Lipinski definition) is 6. The Morgan fingerprint density at radius 2 is 1.63 bits per heavy atom. The highest BCUT2D eigenvalue weighted by atomic mass is 32.2. The van der Waals surface area contributed by atoms with E-state index in [9.17, 15) is 23.4 Å². The standard InChI is InChI=1S/C29H37N3O5S/c1-20(2)18-32(38(36,37)24-13-8-12-23(30)17-24)19-28(34)26(16-22-10-6-5-7-11-22)31(4)29(35)25-14-9-15-27(33)21(25)3/h5-15,17,20,26,28,33-34H,16,18-19,30H2,1-4H3/t26-,28+/m0/s1. The van der Waals surface area contributed by atoms with Gasteiger partial charge in [-0.1, -0.05) is 56.3 Å². The highest BCUT2D eigenvalue weighted by Gasteiger charge is 2.34. The van der Waals surface area contributed by atoms with Crippen molar-refractivity contribution in [2.24, 2.45) is 5.92 Å². The number of carbonyl (C=O) groups is 1. The first-order valence-electron chi connectivity index (χ1n) is 12.5. The molecule has 0 aliphatic rings. The van der Waals surface area contributed by atoms with Crippen LogP contribution in [0.15, 0.2) is 77.7 Å². The smallest absolute Gasteiger partial charge is 0.254 e. The lowest BCUT2D eigenvalue weighted by Crippen LogP contribution is -2.51. The third kappa shape index (κ3) is 6.92. The molecule has 0 unspecified atom stereocenters. The Morgan fingerprint density at radius 3 is 2.26 bits per heavy atom. The molecule has 0 aromatic heterocycles. The molecule has 2 atom stereocenters. The van der Waals surface area contributed by atoms with Gasteiger partial charge < -0.3 is 20.8 Å². The lowest BCUT2D eigenvalue weighted by Gasteiger charge is -2.35. The summed E-state index contributed by atoms with van der Waals surface area (Å²) in [5.41, 5.74) is 7.80. The number of sulfonamides is 1. The molecular weight excluding hydrogens is 502 g/mol. The van der Waals surface area contributed by atoms with Crippen LogP contribution in [-0.4, -0.2) is 66.0 Å². The summed E-state index contributed by atoms with van der Waals surface area (Å²) < 4.78 is 28.4. The molecule has 0 aliphatic heterocycles. The van der Waals surface area contributed by atoms with Gasteiger partial charge in [0, 0.05) is 37.0 Å². The molecule has 3 rings (SSSR count). The largest absolute Gasteiger partial charge is 0.508 e. The third-order valence-electron chi connectivity index (χ3n) is 6.54. The first kappa shape index (κ1) is 29.2. The number of nitrogens with zero attached hydrogens (tertiary/aromatic N) is 2. The van der Waals surface area contributed by atoms with Gasteiger partial charge in [-0.2, -0.15) is 4.31 Å². The molecule has 0 radical (unpaired) electrons. The zero-order chi connectivity index (χ0) is 28.0.